The molecule has 0 bridgehead atoms. The van der Waals surface area contributed by atoms with E-state index < -0.39 is 10.9 Å². The zero-order chi connectivity index (χ0) is 12.8. The minimum atomic E-state index is -0.759. The summed E-state index contributed by atoms with van der Waals surface area (Å²) in [5.74, 6) is -0.759. The maximum Gasteiger partial charge on any atom is 0.345 e. The molecule has 0 aliphatic heterocycles. The molecule has 0 heterocycles. The Hall–Kier alpha value is -2.42. The average Bonchev–Trinajstić information content (AvgIpc) is 2.34. The van der Waals surface area contributed by atoms with E-state index in [1.54, 1.807) is 6.07 Å². The molecule has 0 aliphatic rings. The third-order valence-corrected chi connectivity index (χ3v) is 2.22. The van der Waals surface area contributed by atoms with E-state index >= 15 is 0 Å². The number of hydrogen-bond donors (Lipinski definition) is 0. The first-order chi connectivity index (χ1) is 8.11. The summed E-state index contributed by atoms with van der Waals surface area (Å²) >= 11 is 0. The topological polar surface area (TPSA) is 93.2 Å². The largest absolute Gasteiger partial charge is 0.465 e. The maximum absolute atomic E-state index is 11.5. The van der Waals surface area contributed by atoms with E-state index in [1.807, 2.05) is 6.07 Å². The van der Waals surface area contributed by atoms with Crippen LogP contribution in [0.1, 0.15) is 22.3 Å². The van der Waals surface area contributed by atoms with Gasteiger partial charge in [0, 0.05) is 12.5 Å². The smallest absolute Gasteiger partial charge is 0.345 e. The molecule has 0 fully saturated rings. The molecule has 0 spiro atoms. The second-order valence-corrected chi connectivity index (χ2v) is 3.22. The van der Waals surface area contributed by atoms with Gasteiger partial charge in [-0.25, -0.2) is 4.79 Å². The van der Waals surface area contributed by atoms with E-state index in [1.165, 1.54) is 12.1 Å². The lowest BCUT2D eigenvalue weighted by molar-refractivity contribution is -0.385. The van der Waals surface area contributed by atoms with Crippen LogP contribution in [0.4, 0.5) is 5.69 Å². The van der Waals surface area contributed by atoms with Gasteiger partial charge in [-0.05, 0) is 12.0 Å². The summed E-state index contributed by atoms with van der Waals surface area (Å²) in [5.41, 5.74) is 0.0788. The molecule has 6 heteroatoms. The fourth-order valence-corrected chi connectivity index (χ4v) is 1.48. The predicted octanol–water partition coefficient (Wildman–Crippen LogP) is 1.84. The molecule has 0 amide bonds. The first kappa shape index (κ1) is 12.6. The number of esters is 1. The number of carbonyl (C=O) groups is 1. The van der Waals surface area contributed by atoms with Gasteiger partial charge < -0.3 is 4.74 Å². The molecule has 0 saturated carbocycles. The van der Waals surface area contributed by atoms with Crippen molar-refractivity contribution in [3.05, 3.63) is 39.4 Å². The Morgan fingerprint density at radius 1 is 1.59 bits per heavy atom. The summed E-state index contributed by atoms with van der Waals surface area (Å²) in [4.78, 5) is 21.7. The molecule has 0 aromatic heterocycles. The van der Waals surface area contributed by atoms with Crippen LogP contribution in [0.2, 0.25) is 0 Å². The number of aryl methyl sites for hydroxylation is 1. The minimum absolute atomic E-state index is 0.0738. The van der Waals surface area contributed by atoms with Crippen molar-refractivity contribution in [2.24, 2.45) is 0 Å². The molecular weight excluding hydrogens is 224 g/mol. The maximum atomic E-state index is 11.5. The van der Waals surface area contributed by atoms with Crippen molar-refractivity contribution in [2.45, 2.75) is 12.8 Å². The predicted molar refractivity (Wildman–Crippen MR) is 58.4 cm³/mol. The molecule has 0 saturated heterocycles. The van der Waals surface area contributed by atoms with Crippen LogP contribution < -0.4 is 0 Å². The fraction of sp³-hybridized carbons (Fsp3) is 0.273. The summed E-state index contributed by atoms with van der Waals surface area (Å²) in [7, 11) is 1.16. The molecule has 88 valence electrons. The summed E-state index contributed by atoms with van der Waals surface area (Å²) in [6.07, 6.45) is 0.466. The van der Waals surface area contributed by atoms with Gasteiger partial charge in [0.2, 0.25) is 0 Å². The van der Waals surface area contributed by atoms with Crippen molar-refractivity contribution in [1.82, 2.24) is 0 Å². The monoisotopic (exact) mass is 234 g/mol. The van der Waals surface area contributed by atoms with Crippen molar-refractivity contribution in [3.63, 3.8) is 0 Å². The van der Waals surface area contributed by atoms with Crippen LogP contribution in [0.25, 0.3) is 0 Å². The highest BCUT2D eigenvalue weighted by Gasteiger charge is 2.24. The van der Waals surface area contributed by atoms with Gasteiger partial charge in [-0.3, -0.25) is 10.1 Å². The lowest BCUT2D eigenvalue weighted by atomic mass is 10.0. The van der Waals surface area contributed by atoms with Crippen LogP contribution in [0.3, 0.4) is 0 Å². The first-order valence-corrected chi connectivity index (χ1v) is 4.83. The molecule has 0 radical (unpaired) electrons. The van der Waals surface area contributed by atoms with Gasteiger partial charge in [0.05, 0.1) is 18.1 Å². The lowest BCUT2D eigenvalue weighted by Crippen LogP contribution is -2.09. The normalized spacial score (nSPS) is 9.41. The number of nitro benzene ring substituents is 1. The number of rotatable bonds is 4. The van der Waals surface area contributed by atoms with E-state index in [4.69, 9.17) is 5.26 Å². The van der Waals surface area contributed by atoms with Gasteiger partial charge >= 0.3 is 5.97 Å². The SMILES string of the molecule is COC(=O)c1c(CCC#N)cccc1[N+](=O)[O-]. The fourth-order valence-electron chi connectivity index (χ4n) is 1.48. The second-order valence-electron chi connectivity index (χ2n) is 3.22. The Kier molecular flexibility index (Phi) is 4.17. The van der Waals surface area contributed by atoms with Gasteiger partial charge in [-0.2, -0.15) is 5.26 Å². The molecule has 1 rings (SSSR count). The summed E-state index contributed by atoms with van der Waals surface area (Å²) in [6, 6.07) is 6.23. The molecule has 0 unspecified atom stereocenters. The Balaban J connectivity index is 3.30. The van der Waals surface area contributed by atoms with E-state index in [0.717, 1.165) is 7.11 Å². The Bertz CT molecular complexity index is 491. The molecular formula is C11H10N2O4. The van der Waals surface area contributed by atoms with Gasteiger partial charge in [0.1, 0.15) is 5.56 Å². The number of hydrogen-bond acceptors (Lipinski definition) is 5. The van der Waals surface area contributed by atoms with Crippen LogP contribution in [0, 0.1) is 21.4 Å². The van der Waals surface area contributed by atoms with Crippen molar-refractivity contribution >= 4 is 11.7 Å². The van der Waals surface area contributed by atoms with Crippen LogP contribution in [0.15, 0.2) is 18.2 Å². The highest BCUT2D eigenvalue weighted by atomic mass is 16.6. The first-order valence-electron chi connectivity index (χ1n) is 4.83. The van der Waals surface area contributed by atoms with E-state index in [-0.39, 0.29) is 24.1 Å². The third-order valence-electron chi connectivity index (χ3n) is 2.22. The van der Waals surface area contributed by atoms with Crippen LogP contribution in [-0.2, 0) is 11.2 Å². The minimum Gasteiger partial charge on any atom is -0.465 e. The Morgan fingerprint density at radius 3 is 2.82 bits per heavy atom. The molecule has 6 nitrogen and oxygen atoms in total. The zero-order valence-corrected chi connectivity index (χ0v) is 9.17. The molecule has 0 atom stereocenters. The number of benzene rings is 1. The molecule has 0 aliphatic carbocycles. The summed E-state index contributed by atoms with van der Waals surface area (Å²) < 4.78 is 4.52. The number of methoxy groups -OCH3 is 1. The van der Waals surface area contributed by atoms with Crippen molar-refractivity contribution < 1.29 is 14.5 Å². The van der Waals surface area contributed by atoms with Gasteiger partial charge in [0.15, 0.2) is 0 Å². The van der Waals surface area contributed by atoms with Crippen molar-refractivity contribution in [1.29, 1.82) is 5.26 Å². The molecule has 17 heavy (non-hydrogen) atoms. The van der Waals surface area contributed by atoms with E-state index in [2.05, 4.69) is 4.74 Å². The Morgan fingerprint density at radius 2 is 2.29 bits per heavy atom. The molecule has 1 aromatic rings. The highest BCUT2D eigenvalue weighted by Crippen LogP contribution is 2.24. The molecule has 0 N–H and O–H groups in total. The van der Waals surface area contributed by atoms with Crippen molar-refractivity contribution in [3.8, 4) is 6.07 Å². The number of ether oxygens (including phenoxy) is 1. The van der Waals surface area contributed by atoms with Gasteiger partial charge in [-0.1, -0.05) is 12.1 Å². The zero-order valence-electron chi connectivity index (χ0n) is 9.17. The quantitative estimate of drug-likeness (QED) is 0.450. The van der Waals surface area contributed by atoms with Crippen LogP contribution >= 0.6 is 0 Å². The van der Waals surface area contributed by atoms with Crippen LogP contribution in [-0.4, -0.2) is 18.0 Å². The standard InChI is InChI=1S/C11H10N2O4/c1-17-11(14)10-8(5-3-7-12)4-2-6-9(10)13(15)16/h2,4,6H,3,5H2,1H3. The third kappa shape index (κ3) is 2.78. The number of nitrogens with zero attached hydrogens (tertiary/aromatic N) is 2. The van der Waals surface area contributed by atoms with Crippen molar-refractivity contribution in [2.75, 3.05) is 7.11 Å². The number of carbonyl (C=O) groups excluding carboxylic acids is 1. The number of nitro groups is 1. The lowest BCUT2D eigenvalue weighted by Gasteiger charge is -2.06. The number of nitriles is 1. The van der Waals surface area contributed by atoms with Gasteiger partial charge in [0.25, 0.3) is 5.69 Å². The van der Waals surface area contributed by atoms with E-state index in [9.17, 15) is 14.9 Å². The Labute approximate surface area is 97.6 Å². The molecule has 1 aromatic carbocycles. The van der Waals surface area contributed by atoms with Gasteiger partial charge in [-0.15, -0.1) is 0 Å². The summed E-state index contributed by atoms with van der Waals surface area (Å²) in [6.45, 7) is 0. The van der Waals surface area contributed by atoms with E-state index in [0.29, 0.717) is 5.56 Å². The van der Waals surface area contributed by atoms with Crippen LogP contribution in [0.5, 0.6) is 0 Å². The second kappa shape index (κ2) is 5.61. The average molecular weight is 234 g/mol. The highest BCUT2D eigenvalue weighted by molar-refractivity contribution is 5.95. The summed E-state index contributed by atoms with van der Waals surface area (Å²) in [5, 5.41) is 19.3.